The van der Waals surface area contributed by atoms with Gasteiger partial charge >= 0.3 is 5.97 Å². The summed E-state index contributed by atoms with van der Waals surface area (Å²) in [5.74, 6) is -0.115. The Kier molecular flexibility index (Phi) is 5.88. The van der Waals surface area contributed by atoms with Gasteiger partial charge in [-0.1, -0.05) is 12.2 Å². The summed E-state index contributed by atoms with van der Waals surface area (Å²) in [6, 6.07) is 1.79. The summed E-state index contributed by atoms with van der Waals surface area (Å²) in [6.07, 6.45) is 6.43. The molecule has 1 aliphatic carbocycles. The Morgan fingerprint density at radius 3 is 2.78 bits per heavy atom. The van der Waals surface area contributed by atoms with Crippen molar-refractivity contribution in [2.24, 2.45) is 13.0 Å². The van der Waals surface area contributed by atoms with E-state index in [9.17, 15) is 9.59 Å². The number of allylic oxidation sites excluding steroid dienone is 1. The summed E-state index contributed by atoms with van der Waals surface area (Å²) in [7, 11) is 3.25. The number of hydrogen-bond donors (Lipinski definition) is 0. The van der Waals surface area contributed by atoms with Crippen LogP contribution < -0.4 is 0 Å². The van der Waals surface area contributed by atoms with E-state index in [0.717, 1.165) is 24.2 Å². The van der Waals surface area contributed by atoms with Crippen LogP contribution in [0.4, 0.5) is 0 Å². The number of ether oxygens (including phenoxy) is 1. The summed E-state index contributed by atoms with van der Waals surface area (Å²) in [4.78, 5) is 25.7. The highest BCUT2D eigenvalue weighted by molar-refractivity contribution is 6.27. The lowest BCUT2D eigenvalue weighted by Gasteiger charge is -2.25. The molecule has 23 heavy (non-hydrogen) atoms. The van der Waals surface area contributed by atoms with Crippen LogP contribution in [0.2, 0.25) is 0 Å². The molecule has 2 rings (SSSR count). The second kappa shape index (κ2) is 7.68. The third kappa shape index (κ3) is 3.96. The zero-order valence-electron chi connectivity index (χ0n) is 13.8. The molecule has 126 valence electrons. The van der Waals surface area contributed by atoms with Gasteiger partial charge in [-0.15, -0.1) is 11.6 Å². The van der Waals surface area contributed by atoms with Crippen LogP contribution >= 0.6 is 11.6 Å². The maximum absolute atomic E-state index is 12.2. The first-order valence-electron chi connectivity index (χ1n) is 7.71. The van der Waals surface area contributed by atoms with Gasteiger partial charge in [0.1, 0.15) is 5.88 Å². The highest BCUT2D eigenvalue weighted by atomic mass is 35.5. The molecule has 0 N–H and O–H groups in total. The predicted molar refractivity (Wildman–Crippen MR) is 89.5 cm³/mol. The molecule has 0 spiro atoms. The van der Waals surface area contributed by atoms with Crippen LogP contribution in [0.1, 0.15) is 34.6 Å². The lowest BCUT2D eigenvalue weighted by molar-refractivity contribution is -0.129. The monoisotopic (exact) mass is 338 g/mol. The third-order valence-electron chi connectivity index (χ3n) is 4.43. The summed E-state index contributed by atoms with van der Waals surface area (Å²) < 4.78 is 6.73. The smallest absolute Gasteiger partial charge is 0.339 e. The first-order valence-corrected chi connectivity index (χ1v) is 8.25. The molecule has 5 nitrogen and oxygen atoms in total. The molecule has 1 atom stereocenters. The van der Waals surface area contributed by atoms with Gasteiger partial charge in [-0.25, -0.2) is 4.79 Å². The van der Waals surface area contributed by atoms with Crippen LogP contribution in [0.25, 0.3) is 0 Å². The molecule has 0 saturated heterocycles. The van der Waals surface area contributed by atoms with E-state index in [0.29, 0.717) is 24.6 Å². The first kappa shape index (κ1) is 17.6. The Morgan fingerprint density at radius 1 is 1.48 bits per heavy atom. The van der Waals surface area contributed by atoms with Crippen molar-refractivity contribution in [3.05, 3.63) is 35.2 Å². The molecule has 1 aromatic rings. The molecule has 1 aromatic heterocycles. The fraction of sp³-hybridized carbons (Fsp3) is 0.529. The van der Waals surface area contributed by atoms with E-state index in [1.165, 1.54) is 7.11 Å². The average molecular weight is 339 g/mol. The minimum atomic E-state index is -0.363. The molecule has 0 saturated carbocycles. The number of rotatable bonds is 6. The van der Waals surface area contributed by atoms with Crippen LogP contribution in [0, 0.1) is 12.8 Å². The molecule has 1 aliphatic rings. The van der Waals surface area contributed by atoms with Crippen molar-refractivity contribution in [1.82, 2.24) is 9.47 Å². The molecule has 1 unspecified atom stereocenters. The Balaban J connectivity index is 2.20. The predicted octanol–water partition coefficient (Wildman–Crippen LogP) is 2.65. The van der Waals surface area contributed by atoms with E-state index in [2.05, 4.69) is 12.2 Å². The van der Waals surface area contributed by atoms with E-state index < -0.39 is 0 Å². The van der Waals surface area contributed by atoms with Crippen molar-refractivity contribution in [1.29, 1.82) is 0 Å². The zero-order chi connectivity index (χ0) is 17.0. The van der Waals surface area contributed by atoms with E-state index in [1.807, 2.05) is 18.5 Å². The van der Waals surface area contributed by atoms with E-state index in [4.69, 9.17) is 16.3 Å². The summed E-state index contributed by atoms with van der Waals surface area (Å²) in [6.45, 7) is 2.95. The van der Waals surface area contributed by atoms with Gasteiger partial charge < -0.3 is 14.2 Å². The number of amides is 1. The van der Waals surface area contributed by atoms with Crippen LogP contribution in [0.3, 0.4) is 0 Å². The van der Waals surface area contributed by atoms with E-state index in [1.54, 1.807) is 11.0 Å². The highest BCUT2D eigenvalue weighted by Gasteiger charge is 2.22. The number of carbonyl (C=O) groups is 2. The molecule has 1 amide bonds. The van der Waals surface area contributed by atoms with Crippen molar-refractivity contribution in [3.8, 4) is 0 Å². The number of alkyl halides is 1. The normalized spacial score (nSPS) is 16.6. The molecule has 1 heterocycles. The number of esters is 1. The molecular weight excluding hydrogens is 316 g/mol. The number of nitrogens with zero attached hydrogens (tertiary/aromatic N) is 2. The Labute approximate surface area is 141 Å². The van der Waals surface area contributed by atoms with Crippen LogP contribution in [0.5, 0.6) is 0 Å². The van der Waals surface area contributed by atoms with Gasteiger partial charge in [0.15, 0.2) is 0 Å². The van der Waals surface area contributed by atoms with Crippen molar-refractivity contribution in [3.63, 3.8) is 0 Å². The maximum atomic E-state index is 12.2. The Hall–Kier alpha value is -1.75. The SMILES string of the molecule is COC(=O)c1cc(CN(CC2C=CCC2)C(=O)CCl)n(C)c1C. The van der Waals surface area contributed by atoms with Crippen LogP contribution in [0.15, 0.2) is 18.2 Å². The highest BCUT2D eigenvalue weighted by Crippen LogP contribution is 2.21. The second-order valence-corrected chi connectivity index (χ2v) is 6.13. The lowest BCUT2D eigenvalue weighted by atomic mass is 10.1. The number of carbonyl (C=O) groups excluding carboxylic acids is 2. The van der Waals surface area contributed by atoms with E-state index in [-0.39, 0.29) is 17.8 Å². The van der Waals surface area contributed by atoms with E-state index >= 15 is 0 Å². The maximum Gasteiger partial charge on any atom is 0.339 e. The largest absolute Gasteiger partial charge is 0.465 e. The van der Waals surface area contributed by atoms with Crippen molar-refractivity contribution in [2.75, 3.05) is 19.5 Å². The fourth-order valence-electron chi connectivity index (χ4n) is 2.90. The molecule has 0 aromatic carbocycles. The van der Waals surface area contributed by atoms with Gasteiger partial charge in [0.2, 0.25) is 5.91 Å². The summed E-state index contributed by atoms with van der Waals surface area (Å²) in [5.41, 5.74) is 2.25. The third-order valence-corrected chi connectivity index (χ3v) is 4.66. The van der Waals surface area contributed by atoms with Gasteiger partial charge in [-0.05, 0) is 31.7 Å². The minimum absolute atomic E-state index is 0.0380. The van der Waals surface area contributed by atoms with Gasteiger partial charge in [-0.2, -0.15) is 0 Å². The number of hydrogen-bond acceptors (Lipinski definition) is 3. The lowest BCUT2D eigenvalue weighted by Crippen LogP contribution is -2.35. The Bertz CT molecular complexity index is 622. The molecule has 0 radical (unpaired) electrons. The first-order chi connectivity index (χ1) is 11.0. The summed E-state index contributed by atoms with van der Waals surface area (Å²) in [5, 5.41) is 0. The van der Waals surface area contributed by atoms with Gasteiger partial charge in [-0.3, -0.25) is 4.79 Å². The minimum Gasteiger partial charge on any atom is -0.465 e. The fourth-order valence-corrected chi connectivity index (χ4v) is 3.07. The number of methoxy groups -OCH3 is 1. The topological polar surface area (TPSA) is 51.5 Å². The van der Waals surface area contributed by atoms with Gasteiger partial charge in [0, 0.05) is 25.0 Å². The quantitative estimate of drug-likeness (QED) is 0.455. The molecule has 6 heteroatoms. The summed E-state index contributed by atoms with van der Waals surface area (Å²) >= 11 is 5.76. The van der Waals surface area contributed by atoms with Crippen molar-refractivity contribution >= 4 is 23.5 Å². The standard InChI is InChI=1S/C17H23ClN2O3/c1-12-15(17(22)23-3)8-14(19(12)2)11-20(16(21)9-18)10-13-6-4-5-7-13/h4,6,8,13H,5,7,9-11H2,1-3H3. The van der Waals surface area contributed by atoms with Crippen LogP contribution in [-0.4, -0.2) is 40.9 Å². The van der Waals surface area contributed by atoms with Crippen molar-refractivity contribution in [2.45, 2.75) is 26.3 Å². The van der Waals surface area contributed by atoms with Gasteiger partial charge in [0.25, 0.3) is 0 Å². The van der Waals surface area contributed by atoms with Crippen LogP contribution in [-0.2, 0) is 23.1 Å². The average Bonchev–Trinajstić information content (AvgIpc) is 3.16. The molecular formula is C17H23ClN2O3. The Morgan fingerprint density at radius 2 is 2.22 bits per heavy atom. The number of aromatic nitrogens is 1. The molecule has 0 aliphatic heterocycles. The number of halogens is 1. The molecule has 0 bridgehead atoms. The molecule has 0 fully saturated rings. The zero-order valence-corrected chi connectivity index (χ0v) is 14.6. The van der Waals surface area contributed by atoms with Crippen molar-refractivity contribution < 1.29 is 14.3 Å². The second-order valence-electron chi connectivity index (χ2n) is 5.86. The van der Waals surface area contributed by atoms with Gasteiger partial charge in [0.05, 0.1) is 19.2 Å².